The van der Waals surface area contributed by atoms with E-state index >= 15 is 0 Å². The predicted molar refractivity (Wildman–Crippen MR) is 78.3 cm³/mol. The van der Waals surface area contributed by atoms with Crippen molar-refractivity contribution in [3.05, 3.63) is 65.7 Å². The van der Waals surface area contributed by atoms with Gasteiger partial charge in [0, 0.05) is 5.56 Å². The SMILES string of the molecule is CCOC(=O)C(Oc1ccccc1C=O)c1ccccc1. The third kappa shape index (κ3) is 3.69. The minimum absolute atomic E-state index is 0.265. The van der Waals surface area contributed by atoms with E-state index in [1.807, 2.05) is 18.2 Å². The number of carbonyl (C=O) groups is 2. The minimum atomic E-state index is -0.896. The van der Waals surface area contributed by atoms with Gasteiger partial charge < -0.3 is 9.47 Å². The molecule has 0 aliphatic heterocycles. The third-order valence-corrected chi connectivity index (χ3v) is 2.89. The molecular weight excluding hydrogens is 268 g/mol. The van der Waals surface area contributed by atoms with Crippen molar-refractivity contribution in [2.24, 2.45) is 0 Å². The standard InChI is InChI=1S/C17H16O4/c1-2-20-17(19)16(13-8-4-3-5-9-13)21-15-11-7-6-10-14(15)12-18/h3-12,16H,2H2,1H3. The Kier molecular flexibility index (Phi) is 5.10. The lowest BCUT2D eigenvalue weighted by Crippen LogP contribution is -2.21. The molecule has 0 heterocycles. The molecule has 2 rings (SSSR count). The van der Waals surface area contributed by atoms with Crippen LogP contribution >= 0.6 is 0 Å². The van der Waals surface area contributed by atoms with Crippen molar-refractivity contribution in [2.45, 2.75) is 13.0 Å². The van der Waals surface area contributed by atoms with Gasteiger partial charge in [0.15, 0.2) is 6.29 Å². The molecule has 108 valence electrons. The summed E-state index contributed by atoms with van der Waals surface area (Å²) in [6.45, 7) is 2.00. The minimum Gasteiger partial charge on any atom is -0.473 e. The maximum atomic E-state index is 12.1. The second kappa shape index (κ2) is 7.24. The van der Waals surface area contributed by atoms with Gasteiger partial charge in [-0.25, -0.2) is 4.79 Å². The van der Waals surface area contributed by atoms with Gasteiger partial charge in [0.25, 0.3) is 0 Å². The normalized spacial score (nSPS) is 11.5. The summed E-state index contributed by atoms with van der Waals surface area (Å²) in [5.74, 6) is -0.126. The fourth-order valence-corrected chi connectivity index (χ4v) is 1.91. The van der Waals surface area contributed by atoms with Gasteiger partial charge in [-0.05, 0) is 19.1 Å². The van der Waals surface area contributed by atoms with Crippen molar-refractivity contribution < 1.29 is 19.1 Å². The molecule has 0 spiro atoms. The highest BCUT2D eigenvalue weighted by molar-refractivity contribution is 5.81. The van der Waals surface area contributed by atoms with Gasteiger partial charge in [-0.1, -0.05) is 42.5 Å². The second-order valence-corrected chi connectivity index (χ2v) is 4.32. The fourth-order valence-electron chi connectivity index (χ4n) is 1.91. The van der Waals surface area contributed by atoms with Gasteiger partial charge in [0.05, 0.1) is 12.2 Å². The van der Waals surface area contributed by atoms with Crippen LogP contribution in [-0.4, -0.2) is 18.9 Å². The Hall–Kier alpha value is -2.62. The van der Waals surface area contributed by atoms with Crippen LogP contribution in [0, 0.1) is 0 Å². The number of para-hydroxylation sites is 1. The molecule has 2 aromatic carbocycles. The van der Waals surface area contributed by atoms with E-state index in [-0.39, 0.29) is 6.61 Å². The Balaban J connectivity index is 2.32. The van der Waals surface area contributed by atoms with Crippen molar-refractivity contribution in [3.8, 4) is 5.75 Å². The number of benzene rings is 2. The van der Waals surface area contributed by atoms with Crippen LogP contribution in [0.3, 0.4) is 0 Å². The molecular formula is C17H16O4. The molecule has 0 amide bonds. The zero-order chi connectivity index (χ0) is 15.1. The number of aldehydes is 1. The maximum absolute atomic E-state index is 12.1. The highest BCUT2D eigenvalue weighted by atomic mass is 16.6. The molecule has 0 aromatic heterocycles. The van der Waals surface area contributed by atoms with E-state index in [1.165, 1.54) is 0 Å². The Morgan fingerprint density at radius 2 is 1.76 bits per heavy atom. The average Bonchev–Trinajstić information content (AvgIpc) is 2.54. The van der Waals surface area contributed by atoms with Gasteiger partial charge in [-0.2, -0.15) is 0 Å². The van der Waals surface area contributed by atoms with Crippen molar-refractivity contribution in [2.75, 3.05) is 6.61 Å². The van der Waals surface area contributed by atoms with Crippen LogP contribution in [0.2, 0.25) is 0 Å². The zero-order valence-corrected chi connectivity index (χ0v) is 11.7. The third-order valence-electron chi connectivity index (χ3n) is 2.89. The van der Waals surface area contributed by atoms with Crippen LogP contribution < -0.4 is 4.74 Å². The number of hydrogen-bond donors (Lipinski definition) is 0. The lowest BCUT2D eigenvalue weighted by molar-refractivity contribution is -0.151. The van der Waals surface area contributed by atoms with Crippen molar-refractivity contribution in [3.63, 3.8) is 0 Å². The first kappa shape index (κ1) is 14.8. The number of esters is 1. The highest BCUT2D eigenvalue weighted by Crippen LogP contribution is 2.25. The maximum Gasteiger partial charge on any atom is 0.352 e. The van der Waals surface area contributed by atoms with E-state index in [0.29, 0.717) is 23.2 Å². The zero-order valence-electron chi connectivity index (χ0n) is 11.7. The van der Waals surface area contributed by atoms with Gasteiger partial charge in [0.2, 0.25) is 6.10 Å². The van der Waals surface area contributed by atoms with Crippen LogP contribution in [0.1, 0.15) is 28.9 Å². The smallest absolute Gasteiger partial charge is 0.352 e. The molecule has 0 fully saturated rings. The molecule has 0 bridgehead atoms. The summed E-state index contributed by atoms with van der Waals surface area (Å²) >= 11 is 0. The van der Waals surface area contributed by atoms with E-state index < -0.39 is 12.1 Å². The summed E-state index contributed by atoms with van der Waals surface area (Å²) in [6, 6.07) is 15.8. The monoisotopic (exact) mass is 284 g/mol. The highest BCUT2D eigenvalue weighted by Gasteiger charge is 2.24. The Bertz CT molecular complexity index is 607. The van der Waals surface area contributed by atoms with Crippen molar-refractivity contribution in [1.29, 1.82) is 0 Å². The van der Waals surface area contributed by atoms with Crippen molar-refractivity contribution >= 4 is 12.3 Å². The van der Waals surface area contributed by atoms with E-state index in [9.17, 15) is 9.59 Å². The van der Waals surface area contributed by atoms with Crippen molar-refractivity contribution in [1.82, 2.24) is 0 Å². The summed E-state index contributed by atoms with van der Waals surface area (Å²) in [7, 11) is 0. The van der Waals surface area contributed by atoms with Crippen LogP contribution in [0.25, 0.3) is 0 Å². The van der Waals surface area contributed by atoms with Gasteiger partial charge in [0.1, 0.15) is 5.75 Å². The summed E-state index contributed by atoms with van der Waals surface area (Å²) < 4.78 is 10.8. The number of hydrogen-bond acceptors (Lipinski definition) is 4. The van der Waals surface area contributed by atoms with Crippen LogP contribution in [0.15, 0.2) is 54.6 Å². The Morgan fingerprint density at radius 3 is 2.43 bits per heavy atom. The summed E-state index contributed by atoms with van der Waals surface area (Å²) in [5, 5.41) is 0. The van der Waals surface area contributed by atoms with E-state index in [0.717, 1.165) is 0 Å². The second-order valence-electron chi connectivity index (χ2n) is 4.32. The number of rotatable bonds is 6. The van der Waals surface area contributed by atoms with Gasteiger partial charge in [-0.15, -0.1) is 0 Å². The van der Waals surface area contributed by atoms with E-state index in [1.54, 1.807) is 43.3 Å². The summed E-state index contributed by atoms with van der Waals surface area (Å²) in [5.41, 5.74) is 1.07. The molecule has 0 radical (unpaired) electrons. The Morgan fingerprint density at radius 1 is 1.10 bits per heavy atom. The molecule has 1 atom stereocenters. The fraction of sp³-hybridized carbons (Fsp3) is 0.176. The van der Waals surface area contributed by atoms with Crippen LogP contribution in [-0.2, 0) is 9.53 Å². The summed E-state index contributed by atoms with van der Waals surface area (Å²) in [6.07, 6.45) is -0.199. The van der Waals surface area contributed by atoms with Crippen LogP contribution in [0.4, 0.5) is 0 Å². The lowest BCUT2D eigenvalue weighted by Gasteiger charge is -2.18. The first-order valence-electron chi connectivity index (χ1n) is 6.68. The molecule has 21 heavy (non-hydrogen) atoms. The first-order chi connectivity index (χ1) is 10.3. The molecule has 0 N–H and O–H groups in total. The molecule has 4 nitrogen and oxygen atoms in total. The van der Waals surface area contributed by atoms with Gasteiger partial charge in [-0.3, -0.25) is 4.79 Å². The molecule has 1 unspecified atom stereocenters. The summed E-state index contributed by atoms with van der Waals surface area (Å²) in [4.78, 5) is 23.2. The molecule has 0 saturated heterocycles. The lowest BCUT2D eigenvalue weighted by atomic mass is 10.1. The topological polar surface area (TPSA) is 52.6 Å². The molecule has 0 saturated carbocycles. The molecule has 0 aliphatic rings. The quantitative estimate of drug-likeness (QED) is 0.604. The molecule has 2 aromatic rings. The molecule has 0 aliphatic carbocycles. The average molecular weight is 284 g/mol. The molecule has 4 heteroatoms. The van der Waals surface area contributed by atoms with E-state index in [2.05, 4.69) is 0 Å². The number of ether oxygens (including phenoxy) is 2. The first-order valence-corrected chi connectivity index (χ1v) is 6.68. The Labute approximate surface area is 123 Å². The number of carbonyl (C=O) groups excluding carboxylic acids is 2. The predicted octanol–water partition coefficient (Wildman–Crippen LogP) is 3.18. The van der Waals surface area contributed by atoms with E-state index in [4.69, 9.17) is 9.47 Å². The largest absolute Gasteiger partial charge is 0.473 e. The van der Waals surface area contributed by atoms with Gasteiger partial charge >= 0.3 is 5.97 Å². The van der Waals surface area contributed by atoms with Crippen LogP contribution in [0.5, 0.6) is 5.75 Å².